The zero-order valence-corrected chi connectivity index (χ0v) is 16.3. The van der Waals surface area contributed by atoms with Crippen LogP contribution in [0.15, 0.2) is 30.6 Å². The third-order valence-electron chi connectivity index (χ3n) is 5.20. The Morgan fingerprint density at radius 1 is 1.29 bits per heavy atom. The van der Waals surface area contributed by atoms with Gasteiger partial charge in [-0.1, -0.05) is 0 Å². The molecule has 146 valence electrons. The van der Waals surface area contributed by atoms with Crippen LogP contribution in [0.4, 0.5) is 0 Å². The van der Waals surface area contributed by atoms with Crippen LogP contribution in [0.5, 0.6) is 5.75 Å². The lowest BCUT2D eigenvalue weighted by molar-refractivity contribution is 0.0933. The number of rotatable bonds is 4. The average Bonchev–Trinajstić information content (AvgIpc) is 3.24. The Morgan fingerprint density at radius 3 is 2.86 bits per heavy atom. The number of hydrogen-bond donors (Lipinski definition) is 1. The molecule has 1 aliphatic heterocycles. The summed E-state index contributed by atoms with van der Waals surface area (Å²) < 4.78 is 9.17. The summed E-state index contributed by atoms with van der Waals surface area (Å²) in [6, 6.07) is 5.59. The third kappa shape index (κ3) is 3.49. The summed E-state index contributed by atoms with van der Waals surface area (Å²) in [4.78, 5) is 12.7. The van der Waals surface area contributed by atoms with Crippen LogP contribution in [0, 0.1) is 6.92 Å². The zero-order valence-electron chi connectivity index (χ0n) is 16.3. The van der Waals surface area contributed by atoms with Gasteiger partial charge >= 0.3 is 0 Å². The van der Waals surface area contributed by atoms with E-state index in [2.05, 4.69) is 25.2 Å². The van der Waals surface area contributed by atoms with E-state index in [-0.39, 0.29) is 11.9 Å². The number of fused-ring (bicyclic) bond motifs is 1. The molecule has 8 nitrogen and oxygen atoms in total. The Morgan fingerprint density at radius 2 is 2.14 bits per heavy atom. The normalized spacial score (nSPS) is 16.3. The summed E-state index contributed by atoms with van der Waals surface area (Å²) in [5.74, 6) is 2.52. The first kappa shape index (κ1) is 18.2. The van der Waals surface area contributed by atoms with Crippen LogP contribution in [-0.2, 0) is 20.0 Å². The molecular weight excluding hydrogens is 356 g/mol. The fourth-order valence-corrected chi connectivity index (χ4v) is 3.67. The van der Waals surface area contributed by atoms with Crippen molar-refractivity contribution in [2.24, 2.45) is 7.05 Å². The maximum atomic E-state index is 12.7. The van der Waals surface area contributed by atoms with E-state index in [4.69, 9.17) is 4.74 Å². The molecule has 0 bridgehead atoms. The Labute approximate surface area is 163 Å². The number of carbonyl (C=O) groups excluding carboxylic acids is 1. The Kier molecular flexibility index (Phi) is 4.85. The van der Waals surface area contributed by atoms with Crippen LogP contribution >= 0.6 is 0 Å². The van der Waals surface area contributed by atoms with Crippen molar-refractivity contribution in [3.63, 3.8) is 0 Å². The van der Waals surface area contributed by atoms with Gasteiger partial charge in [-0.05, 0) is 43.5 Å². The molecule has 8 heteroatoms. The number of ether oxygens (including phenoxy) is 1. The topological polar surface area (TPSA) is 86.9 Å². The first-order valence-corrected chi connectivity index (χ1v) is 9.41. The second kappa shape index (κ2) is 7.46. The quantitative estimate of drug-likeness (QED) is 0.749. The standard InChI is InChI=1S/C20H24N6O2/c1-13-10-14(4-6-17(13)28-3)20(27)22-16-5-7-18-23-24-19(26(18)9-8-16)15-11-21-25(2)12-15/h4,6,10-12,16H,5,7-9H2,1-3H3,(H,22,27). The molecule has 1 atom stereocenters. The van der Waals surface area contributed by atoms with E-state index in [1.165, 1.54) is 0 Å². The lowest BCUT2D eigenvalue weighted by Crippen LogP contribution is -2.35. The number of aromatic nitrogens is 5. The minimum absolute atomic E-state index is 0.0547. The van der Waals surface area contributed by atoms with Gasteiger partial charge in [0.25, 0.3) is 5.91 Å². The van der Waals surface area contributed by atoms with Crippen molar-refractivity contribution in [3.05, 3.63) is 47.5 Å². The molecule has 0 radical (unpaired) electrons. The Hall–Kier alpha value is -3.16. The van der Waals surface area contributed by atoms with Gasteiger partial charge in [0.2, 0.25) is 0 Å². The summed E-state index contributed by atoms with van der Waals surface area (Å²) in [5, 5.41) is 16.1. The number of aryl methyl sites for hydroxylation is 3. The van der Waals surface area contributed by atoms with E-state index < -0.39 is 0 Å². The largest absolute Gasteiger partial charge is 0.496 e. The fraction of sp³-hybridized carbons (Fsp3) is 0.400. The number of hydrogen-bond acceptors (Lipinski definition) is 5. The highest BCUT2D eigenvalue weighted by molar-refractivity contribution is 5.94. The van der Waals surface area contributed by atoms with Gasteiger partial charge in [-0.2, -0.15) is 5.10 Å². The van der Waals surface area contributed by atoms with Crippen molar-refractivity contribution in [1.29, 1.82) is 0 Å². The molecule has 1 aromatic carbocycles. The van der Waals surface area contributed by atoms with E-state index >= 15 is 0 Å². The molecular formula is C20H24N6O2. The number of nitrogens with zero attached hydrogens (tertiary/aromatic N) is 5. The summed E-state index contributed by atoms with van der Waals surface area (Å²) in [7, 11) is 3.52. The van der Waals surface area contributed by atoms with E-state index in [9.17, 15) is 4.79 Å². The van der Waals surface area contributed by atoms with Crippen molar-refractivity contribution in [2.75, 3.05) is 7.11 Å². The number of nitrogens with one attached hydrogen (secondary N) is 1. The highest BCUT2D eigenvalue weighted by Gasteiger charge is 2.23. The second-order valence-electron chi connectivity index (χ2n) is 7.18. The van der Waals surface area contributed by atoms with E-state index in [1.54, 1.807) is 24.1 Å². The van der Waals surface area contributed by atoms with Crippen LogP contribution in [-0.4, -0.2) is 43.6 Å². The molecule has 3 heterocycles. The van der Waals surface area contributed by atoms with Gasteiger partial charge in [0.1, 0.15) is 11.6 Å². The van der Waals surface area contributed by atoms with Crippen molar-refractivity contribution < 1.29 is 9.53 Å². The monoisotopic (exact) mass is 380 g/mol. The molecule has 1 N–H and O–H groups in total. The summed E-state index contributed by atoms with van der Waals surface area (Å²) >= 11 is 0. The molecule has 0 aliphatic carbocycles. The summed E-state index contributed by atoms with van der Waals surface area (Å²) in [6.07, 6.45) is 6.19. The predicted molar refractivity (Wildman–Crippen MR) is 104 cm³/mol. The average molecular weight is 380 g/mol. The zero-order chi connectivity index (χ0) is 19.7. The van der Waals surface area contributed by atoms with Crippen LogP contribution in [0.3, 0.4) is 0 Å². The SMILES string of the molecule is COc1ccc(C(=O)NC2CCc3nnc(-c4cnn(C)c4)n3CC2)cc1C. The predicted octanol–water partition coefficient (Wildman–Crippen LogP) is 2.13. The van der Waals surface area contributed by atoms with Crippen molar-refractivity contribution in [3.8, 4) is 17.1 Å². The number of amides is 1. The maximum Gasteiger partial charge on any atom is 0.251 e. The summed E-state index contributed by atoms with van der Waals surface area (Å²) in [5.41, 5.74) is 2.55. The van der Waals surface area contributed by atoms with Gasteiger partial charge in [-0.3, -0.25) is 9.48 Å². The first-order chi connectivity index (χ1) is 13.5. The molecule has 0 saturated carbocycles. The van der Waals surface area contributed by atoms with E-state index in [1.807, 2.05) is 32.3 Å². The molecule has 1 aliphatic rings. The van der Waals surface area contributed by atoms with Gasteiger partial charge in [-0.15, -0.1) is 10.2 Å². The van der Waals surface area contributed by atoms with E-state index in [0.717, 1.165) is 54.3 Å². The first-order valence-electron chi connectivity index (χ1n) is 9.41. The molecule has 28 heavy (non-hydrogen) atoms. The van der Waals surface area contributed by atoms with Crippen LogP contribution in [0.25, 0.3) is 11.4 Å². The maximum absolute atomic E-state index is 12.7. The number of methoxy groups -OCH3 is 1. The van der Waals surface area contributed by atoms with E-state index in [0.29, 0.717) is 5.56 Å². The van der Waals surface area contributed by atoms with Gasteiger partial charge in [0.15, 0.2) is 5.82 Å². The van der Waals surface area contributed by atoms with Crippen molar-refractivity contribution in [1.82, 2.24) is 29.9 Å². The minimum atomic E-state index is -0.0547. The van der Waals surface area contributed by atoms with Crippen molar-refractivity contribution in [2.45, 2.75) is 38.8 Å². The number of benzene rings is 1. The molecule has 3 aromatic rings. The van der Waals surface area contributed by atoms with Gasteiger partial charge in [-0.25, -0.2) is 0 Å². The second-order valence-corrected chi connectivity index (χ2v) is 7.18. The van der Waals surface area contributed by atoms with Gasteiger partial charge in [0.05, 0.1) is 18.9 Å². The highest BCUT2D eigenvalue weighted by Crippen LogP contribution is 2.23. The molecule has 1 amide bonds. The molecule has 0 fully saturated rings. The van der Waals surface area contributed by atoms with Crippen molar-refractivity contribution >= 4 is 5.91 Å². The lowest BCUT2D eigenvalue weighted by atomic mass is 10.1. The molecule has 0 spiro atoms. The smallest absolute Gasteiger partial charge is 0.251 e. The molecule has 2 aromatic heterocycles. The third-order valence-corrected chi connectivity index (χ3v) is 5.20. The number of carbonyl (C=O) groups is 1. The van der Waals surface area contributed by atoms with Crippen LogP contribution in [0.2, 0.25) is 0 Å². The Balaban J connectivity index is 1.45. The van der Waals surface area contributed by atoms with Crippen LogP contribution in [0.1, 0.15) is 34.6 Å². The van der Waals surface area contributed by atoms with Gasteiger partial charge < -0.3 is 14.6 Å². The summed E-state index contributed by atoms with van der Waals surface area (Å²) in [6.45, 7) is 2.70. The molecule has 4 rings (SSSR count). The highest BCUT2D eigenvalue weighted by atomic mass is 16.5. The fourth-order valence-electron chi connectivity index (χ4n) is 3.67. The Bertz CT molecular complexity index is 1010. The minimum Gasteiger partial charge on any atom is -0.496 e. The van der Waals surface area contributed by atoms with Gasteiger partial charge in [0, 0.05) is 37.8 Å². The molecule has 1 unspecified atom stereocenters. The molecule has 0 saturated heterocycles. The van der Waals surface area contributed by atoms with Crippen LogP contribution < -0.4 is 10.1 Å². The lowest BCUT2D eigenvalue weighted by Gasteiger charge is -2.17.